The lowest BCUT2D eigenvalue weighted by molar-refractivity contribution is 0.149. The molecular weight excluding hydrogens is 148 g/mol. The van der Waals surface area contributed by atoms with Gasteiger partial charge in [-0.15, -0.1) is 0 Å². The fraction of sp³-hybridized carbons (Fsp3) is 1.00. The van der Waals surface area contributed by atoms with Crippen molar-refractivity contribution in [2.75, 3.05) is 20.1 Å². The van der Waals surface area contributed by atoms with E-state index < -0.39 is 0 Å². The van der Waals surface area contributed by atoms with E-state index in [2.05, 4.69) is 32.7 Å². The van der Waals surface area contributed by atoms with Gasteiger partial charge >= 0.3 is 0 Å². The summed E-state index contributed by atoms with van der Waals surface area (Å²) < 4.78 is 0. The molecule has 0 aromatic carbocycles. The second kappa shape index (κ2) is 5.55. The van der Waals surface area contributed by atoms with Gasteiger partial charge in [0.25, 0.3) is 0 Å². The van der Waals surface area contributed by atoms with Gasteiger partial charge in [-0.3, -0.25) is 0 Å². The van der Waals surface area contributed by atoms with Crippen LogP contribution in [0, 0.1) is 0 Å². The van der Waals surface area contributed by atoms with E-state index in [1.54, 1.807) is 0 Å². The van der Waals surface area contributed by atoms with E-state index in [4.69, 9.17) is 5.73 Å². The minimum Gasteiger partial charge on any atom is -0.330 e. The van der Waals surface area contributed by atoms with Gasteiger partial charge in [-0.2, -0.15) is 0 Å². The highest BCUT2D eigenvalue weighted by atomic mass is 15.2. The molecule has 2 N–H and O–H groups in total. The molecule has 0 atom stereocenters. The summed E-state index contributed by atoms with van der Waals surface area (Å²) in [4.78, 5) is 2.42. The van der Waals surface area contributed by atoms with Crippen molar-refractivity contribution in [3.05, 3.63) is 0 Å². The zero-order chi connectivity index (χ0) is 9.61. The van der Waals surface area contributed by atoms with Crippen molar-refractivity contribution < 1.29 is 0 Å². The SMILES string of the molecule is CCC(C)(C)N(C)CCCCN. The number of hydrogen-bond acceptors (Lipinski definition) is 2. The van der Waals surface area contributed by atoms with Crippen LogP contribution in [0.1, 0.15) is 40.0 Å². The Kier molecular flexibility index (Phi) is 5.51. The largest absolute Gasteiger partial charge is 0.330 e. The first-order chi connectivity index (χ1) is 5.54. The Hall–Kier alpha value is -0.0800. The topological polar surface area (TPSA) is 29.3 Å². The molecule has 2 heteroatoms. The molecular formula is C10H24N2. The van der Waals surface area contributed by atoms with Crippen molar-refractivity contribution in [3.63, 3.8) is 0 Å². The summed E-state index contributed by atoms with van der Waals surface area (Å²) in [6.45, 7) is 8.79. The van der Waals surface area contributed by atoms with E-state index >= 15 is 0 Å². The zero-order valence-corrected chi connectivity index (χ0v) is 9.06. The lowest BCUT2D eigenvalue weighted by atomic mass is 10.00. The number of nitrogens with two attached hydrogens (primary N) is 1. The summed E-state index contributed by atoms with van der Waals surface area (Å²) in [7, 11) is 2.19. The molecule has 0 aliphatic heterocycles. The van der Waals surface area contributed by atoms with Gasteiger partial charge in [-0.05, 0) is 53.2 Å². The smallest absolute Gasteiger partial charge is 0.0147 e. The van der Waals surface area contributed by atoms with Gasteiger partial charge in [0.1, 0.15) is 0 Å². The first-order valence-corrected chi connectivity index (χ1v) is 4.96. The van der Waals surface area contributed by atoms with Crippen molar-refractivity contribution in [2.45, 2.75) is 45.6 Å². The molecule has 0 aromatic heterocycles. The first kappa shape index (κ1) is 11.9. The molecule has 0 radical (unpaired) electrons. The third-order valence-corrected chi connectivity index (χ3v) is 2.85. The molecule has 0 heterocycles. The average Bonchev–Trinajstić information content (AvgIpc) is 2.05. The molecule has 12 heavy (non-hydrogen) atoms. The Balaban J connectivity index is 3.63. The highest BCUT2D eigenvalue weighted by Gasteiger charge is 2.19. The van der Waals surface area contributed by atoms with E-state index in [9.17, 15) is 0 Å². The molecule has 74 valence electrons. The van der Waals surface area contributed by atoms with Crippen LogP contribution in [0.15, 0.2) is 0 Å². The molecule has 0 unspecified atom stereocenters. The van der Waals surface area contributed by atoms with Crippen LogP contribution in [0.3, 0.4) is 0 Å². The number of hydrogen-bond donors (Lipinski definition) is 1. The Morgan fingerprint density at radius 2 is 1.83 bits per heavy atom. The third kappa shape index (κ3) is 4.07. The van der Waals surface area contributed by atoms with Crippen LogP contribution in [0.4, 0.5) is 0 Å². The van der Waals surface area contributed by atoms with Crippen molar-refractivity contribution in [3.8, 4) is 0 Å². The molecule has 2 nitrogen and oxygen atoms in total. The maximum Gasteiger partial charge on any atom is 0.0147 e. The molecule has 0 rings (SSSR count). The van der Waals surface area contributed by atoms with Gasteiger partial charge in [0.05, 0.1) is 0 Å². The predicted molar refractivity (Wildman–Crippen MR) is 55.3 cm³/mol. The lowest BCUT2D eigenvalue weighted by Gasteiger charge is -2.34. The number of unbranched alkanes of at least 4 members (excludes halogenated alkanes) is 1. The van der Waals surface area contributed by atoms with E-state index in [1.165, 1.54) is 12.8 Å². The van der Waals surface area contributed by atoms with E-state index in [0.29, 0.717) is 5.54 Å². The van der Waals surface area contributed by atoms with Crippen LogP contribution >= 0.6 is 0 Å². The van der Waals surface area contributed by atoms with Crippen LogP contribution in [-0.2, 0) is 0 Å². The molecule has 0 aliphatic carbocycles. The Morgan fingerprint density at radius 1 is 1.25 bits per heavy atom. The number of nitrogens with zero attached hydrogens (tertiary/aromatic N) is 1. The van der Waals surface area contributed by atoms with Gasteiger partial charge in [-0.1, -0.05) is 6.92 Å². The minimum absolute atomic E-state index is 0.342. The summed E-state index contributed by atoms with van der Waals surface area (Å²) >= 11 is 0. The van der Waals surface area contributed by atoms with Gasteiger partial charge in [0.15, 0.2) is 0 Å². The first-order valence-electron chi connectivity index (χ1n) is 4.96. The summed E-state index contributed by atoms with van der Waals surface area (Å²) in [5.41, 5.74) is 5.78. The second-order valence-electron chi connectivity index (χ2n) is 4.08. The summed E-state index contributed by atoms with van der Waals surface area (Å²) in [5, 5.41) is 0. The monoisotopic (exact) mass is 172 g/mol. The fourth-order valence-electron chi connectivity index (χ4n) is 1.07. The Morgan fingerprint density at radius 3 is 2.25 bits per heavy atom. The maximum atomic E-state index is 5.44. The van der Waals surface area contributed by atoms with E-state index in [1.807, 2.05) is 0 Å². The second-order valence-corrected chi connectivity index (χ2v) is 4.08. The molecule has 0 fully saturated rings. The predicted octanol–water partition coefficient (Wildman–Crippen LogP) is 1.85. The highest BCUT2D eigenvalue weighted by Crippen LogP contribution is 2.16. The van der Waals surface area contributed by atoms with Crippen molar-refractivity contribution in [1.29, 1.82) is 0 Å². The molecule has 0 bridgehead atoms. The van der Waals surface area contributed by atoms with E-state index in [-0.39, 0.29) is 0 Å². The zero-order valence-electron chi connectivity index (χ0n) is 9.06. The molecule has 0 aromatic rings. The van der Waals surface area contributed by atoms with Crippen molar-refractivity contribution in [2.24, 2.45) is 5.73 Å². The Labute approximate surface area is 77.1 Å². The quantitative estimate of drug-likeness (QED) is 0.619. The normalized spacial score (nSPS) is 12.5. The van der Waals surface area contributed by atoms with Gasteiger partial charge in [0.2, 0.25) is 0 Å². The maximum absolute atomic E-state index is 5.44. The highest BCUT2D eigenvalue weighted by molar-refractivity contribution is 4.76. The number of rotatable bonds is 6. The van der Waals surface area contributed by atoms with Crippen LogP contribution in [0.5, 0.6) is 0 Å². The molecule has 0 aliphatic rings. The van der Waals surface area contributed by atoms with Crippen LogP contribution in [0.2, 0.25) is 0 Å². The van der Waals surface area contributed by atoms with Crippen LogP contribution in [-0.4, -0.2) is 30.6 Å². The van der Waals surface area contributed by atoms with E-state index in [0.717, 1.165) is 19.5 Å². The standard InChI is InChI=1S/C10H24N2/c1-5-10(2,3)12(4)9-7-6-8-11/h5-9,11H2,1-4H3. The van der Waals surface area contributed by atoms with Gasteiger partial charge in [-0.25, -0.2) is 0 Å². The van der Waals surface area contributed by atoms with Gasteiger partial charge in [0, 0.05) is 5.54 Å². The summed E-state index contributed by atoms with van der Waals surface area (Å²) in [6, 6.07) is 0. The lowest BCUT2D eigenvalue weighted by Crippen LogP contribution is -2.41. The van der Waals surface area contributed by atoms with Crippen LogP contribution < -0.4 is 5.73 Å². The average molecular weight is 172 g/mol. The van der Waals surface area contributed by atoms with Gasteiger partial charge < -0.3 is 10.6 Å². The molecule has 0 saturated heterocycles. The molecule has 0 spiro atoms. The van der Waals surface area contributed by atoms with Crippen molar-refractivity contribution in [1.82, 2.24) is 4.90 Å². The summed E-state index contributed by atoms with van der Waals surface area (Å²) in [6.07, 6.45) is 3.56. The Bertz CT molecular complexity index is 110. The van der Waals surface area contributed by atoms with Crippen LogP contribution in [0.25, 0.3) is 0 Å². The minimum atomic E-state index is 0.342. The fourth-order valence-corrected chi connectivity index (χ4v) is 1.07. The molecule has 0 amide bonds. The third-order valence-electron chi connectivity index (χ3n) is 2.85. The summed E-state index contributed by atoms with van der Waals surface area (Å²) in [5.74, 6) is 0. The van der Waals surface area contributed by atoms with Crippen molar-refractivity contribution >= 4 is 0 Å². The molecule has 0 saturated carbocycles.